The van der Waals surface area contributed by atoms with Crippen LogP contribution in [-0.4, -0.2) is 24.5 Å². The standard InChI is InChI=1S/C14H11Cl2NO3/c15-11-6-10(9-18)14(13(16)7-11)20-5-4-19-12-2-1-3-17-8-12/h1-3,6-9H,4-5H2. The molecule has 0 spiro atoms. The molecule has 20 heavy (non-hydrogen) atoms. The van der Waals surface area contributed by atoms with E-state index in [1.807, 2.05) is 0 Å². The van der Waals surface area contributed by atoms with E-state index in [2.05, 4.69) is 4.98 Å². The Hall–Kier alpha value is -1.78. The quantitative estimate of drug-likeness (QED) is 0.603. The minimum atomic E-state index is 0.247. The van der Waals surface area contributed by atoms with Crippen LogP contribution in [0.4, 0.5) is 0 Å². The van der Waals surface area contributed by atoms with Gasteiger partial charge in [0.15, 0.2) is 6.29 Å². The van der Waals surface area contributed by atoms with Crippen LogP contribution in [0.2, 0.25) is 10.0 Å². The number of nitrogens with zero attached hydrogens (tertiary/aromatic N) is 1. The number of hydrogen-bond acceptors (Lipinski definition) is 4. The Labute approximate surface area is 126 Å². The zero-order valence-corrected chi connectivity index (χ0v) is 11.9. The maximum absolute atomic E-state index is 10.9. The van der Waals surface area contributed by atoms with E-state index in [9.17, 15) is 4.79 Å². The van der Waals surface area contributed by atoms with Crippen LogP contribution in [0.25, 0.3) is 0 Å². The van der Waals surface area contributed by atoms with Gasteiger partial charge in [0.1, 0.15) is 24.7 Å². The molecule has 0 N–H and O–H groups in total. The van der Waals surface area contributed by atoms with Gasteiger partial charge in [-0.15, -0.1) is 0 Å². The summed E-state index contributed by atoms with van der Waals surface area (Å²) in [4.78, 5) is 14.9. The van der Waals surface area contributed by atoms with Gasteiger partial charge in [0.25, 0.3) is 0 Å². The van der Waals surface area contributed by atoms with Crippen LogP contribution in [-0.2, 0) is 0 Å². The van der Waals surface area contributed by atoms with Crippen molar-refractivity contribution in [3.63, 3.8) is 0 Å². The zero-order chi connectivity index (χ0) is 14.4. The molecule has 0 atom stereocenters. The lowest BCUT2D eigenvalue weighted by atomic mass is 10.2. The second kappa shape index (κ2) is 7.12. The lowest BCUT2D eigenvalue weighted by Gasteiger charge is -2.11. The van der Waals surface area contributed by atoms with Crippen molar-refractivity contribution in [1.29, 1.82) is 0 Å². The van der Waals surface area contributed by atoms with Crippen molar-refractivity contribution in [3.8, 4) is 11.5 Å². The molecule has 0 fully saturated rings. The number of hydrogen-bond donors (Lipinski definition) is 0. The Bertz CT molecular complexity index is 590. The summed E-state index contributed by atoms with van der Waals surface area (Å²) in [7, 11) is 0. The van der Waals surface area contributed by atoms with Gasteiger partial charge >= 0.3 is 0 Å². The molecule has 104 valence electrons. The van der Waals surface area contributed by atoms with Crippen molar-refractivity contribution in [2.75, 3.05) is 13.2 Å². The number of carbonyl (C=O) groups excluding carboxylic acids is 1. The van der Waals surface area contributed by atoms with Crippen LogP contribution in [0.3, 0.4) is 0 Å². The molecule has 0 aliphatic carbocycles. The summed E-state index contributed by atoms with van der Waals surface area (Å²) in [6, 6.07) is 6.58. The number of pyridine rings is 1. The third-order valence-corrected chi connectivity index (χ3v) is 2.90. The fraction of sp³-hybridized carbons (Fsp3) is 0.143. The van der Waals surface area contributed by atoms with Crippen LogP contribution in [0, 0.1) is 0 Å². The Morgan fingerprint density at radius 2 is 2.00 bits per heavy atom. The first-order chi connectivity index (χ1) is 9.70. The molecule has 0 saturated heterocycles. The van der Waals surface area contributed by atoms with Crippen molar-refractivity contribution in [3.05, 3.63) is 52.3 Å². The van der Waals surface area contributed by atoms with Crippen LogP contribution in [0.1, 0.15) is 10.4 Å². The molecule has 0 unspecified atom stereocenters. The van der Waals surface area contributed by atoms with Crippen molar-refractivity contribution < 1.29 is 14.3 Å². The molecule has 0 aliphatic heterocycles. The molecule has 0 saturated carbocycles. The largest absolute Gasteiger partial charge is 0.488 e. The Kier molecular flexibility index (Phi) is 5.21. The first-order valence-corrected chi connectivity index (χ1v) is 6.56. The molecule has 2 aromatic rings. The van der Waals surface area contributed by atoms with Gasteiger partial charge in [0.2, 0.25) is 0 Å². The Morgan fingerprint density at radius 3 is 2.70 bits per heavy atom. The molecule has 6 heteroatoms. The summed E-state index contributed by atoms with van der Waals surface area (Å²) in [6.07, 6.45) is 3.91. The van der Waals surface area contributed by atoms with Gasteiger partial charge in [-0.25, -0.2) is 0 Å². The molecule has 4 nitrogen and oxygen atoms in total. The molecule has 0 amide bonds. The number of aldehydes is 1. The van der Waals surface area contributed by atoms with Gasteiger partial charge < -0.3 is 9.47 Å². The van der Waals surface area contributed by atoms with Gasteiger partial charge in [-0.2, -0.15) is 0 Å². The lowest BCUT2D eigenvalue weighted by Crippen LogP contribution is -2.10. The van der Waals surface area contributed by atoms with E-state index < -0.39 is 0 Å². The summed E-state index contributed by atoms with van der Waals surface area (Å²) in [5.41, 5.74) is 0.309. The SMILES string of the molecule is O=Cc1cc(Cl)cc(Cl)c1OCCOc1cccnc1. The van der Waals surface area contributed by atoms with Gasteiger partial charge in [-0.1, -0.05) is 23.2 Å². The van der Waals surface area contributed by atoms with E-state index in [1.165, 1.54) is 12.1 Å². The third-order valence-electron chi connectivity index (χ3n) is 2.40. The minimum Gasteiger partial charge on any atom is -0.488 e. The van der Waals surface area contributed by atoms with Crippen molar-refractivity contribution in [1.82, 2.24) is 4.98 Å². The Balaban J connectivity index is 1.93. The molecule has 1 heterocycles. The monoisotopic (exact) mass is 311 g/mol. The molecule has 1 aromatic heterocycles. The van der Waals surface area contributed by atoms with Crippen LogP contribution in [0.5, 0.6) is 11.5 Å². The van der Waals surface area contributed by atoms with Crippen LogP contribution >= 0.6 is 23.2 Å². The van der Waals surface area contributed by atoms with E-state index in [0.717, 1.165) is 0 Å². The van der Waals surface area contributed by atoms with Gasteiger partial charge in [-0.3, -0.25) is 9.78 Å². The van der Waals surface area contributed by atoms with E-state index in [-0.39, 0.29) is 6.61 Å². The fourth-order valence-corrected chi connectivity index (χ4v) is 2.12. The zero-order valence-electron chi connectivity index (χ0n) is 10.4. The number of carbonyl (C=O) groups is 1. The number of benzene rings is 1. The highest BCUT2D eigenvalue weighted by Gasteiger charge is 2.10. The first kappa shape index (κ1) is 14.6. The van der Waals surface area contributed by atoms with Crippen molar-refractivity contribution in [2.45, 2.75) is 0 Å². The third kappa shape index (κ3) is 3.85. The van der Waals surface area contributed by atoms with Crippen LogP contribution in [0.15, 0.2) is 36.7 Å². The van der Waals surface area contributed by atoms with Gasteiger partial charge in [-0.05, 0) is 24.3 Å². The molecular weight excluding hydrogens is 301 g/mol. The lowest BCUT2D eigenvalue weighted by molar-refractivity contribution is 0.111. The van der Waals surface area contributed by atoms with E-state index in [0.29, 0.717) is 40.0 Å². The van der Waals surface area contributed by atoms with E-state index >= 15 is 0 Å². The maximum Gasteiger partial charge on any atom is 0.153 e. The average molecular weight is 312 g/mol. The number of aromatic nitrogens is 1. The molecular formula is C14H11Cl2NO3. The summed E-state index contributed by atoms with van der Waals surface area (Å²) < 4.78 is 10.9. The fourth-order valence-electron chi connectivity index (χ4n) is 1.56. The van der Waals surface area contributed by atoms with Crippen molar-refractivity contribution in [2.24, 2.45) is 0 Å². The summed E-state index contributed by atoms with van der Waals surface area (Å²) >= 11 is 11.8. The summed E-state index contributed by atoms with van der Waals surface area (Å²) in [5.74, 6) is 0.953. The van der Waals surface area contributed by atoms with E-state index in [4.69, 9.17) is 32.7 Å². The predicted octanol–water partition coefficient (Wildman–Crippen LogP) is 3.66. The highest BCUT2D eigenvalue weighted by Crippen LogP contribution is 2.31. The van der Waals surface area contributed by atoms with Crippen molar-refractivity contribution >= 4 is 29.5 Å². The second-order valence-electron chi connectivity index (χ2n) is 3.81. The summed E-state index contributed by atoms with van der Waals surface area (Å²) in [5, 5.41) is 0.678. The summed E-state index contributed by atoms with van der Waals surface area (Å²) in [6.45, 7) is 0.556. The normalized spacial score (nSPS) is 10.1. The topological polar surface area (TPSA) is 48.4 Å². The van der Waals surface area contributed by atoms with Gasteiger partial charge in [0, 0.05) is 11.2 Å². The molecule has 2 rings (SSSR count). The van der Waals surface area contributed by atoms with Crippen LogP contribution < -0.4 is 9.47 Å². The Morgan fingerprint density at radius 1 is 1.20 bits per heavy atom. The minimum absolute atomic E-state index is 0.247. The predicted molar refractivity (Wildman–Crippen MR) is 77.1 cm³/mol. The highest BCUT2D eigenvalue weighted by atomic mass is 35.5. The number of halogens is 2. The number of rotatable bonds is 6. The number of ether oxygens (including phenoxy) is 2. The second-order valence-corrected chi connectivity index (χ2v) is 4.65. The van der Waals surface area contributed by atoms with E-state index in [1.54, 1.807) is 24.5 Å². The van der Waals surface area contributed by atoms with Gasteiger partial charge in [0.05, 0.1) is 16.8 Å². The highest BCUT2D eigenvalue weighted by molar-refractivity contribution is 6.36. The average Bonchev–Trinajstić information content (AvgIpc) is 2.45. The smallest absolute Gasteiger partial charge is 0.153 e. The molecule has 0 bridgehead atoms. The molecule has 1 aromatic carbocycles. The maximum atomic E-state index is 10.9. The molecule has 0 aliphatic rings. The first-order valence-electron chi connectivity index (χ1n) is 5.80. The molecule has 0 radical (unpaired) electrons.